The van der Waals surface area contributed by atoms with Gasteiger partial charge in [0.15, 0.2) is 11.5 Å². The number of carbonyl (C=O) groups is 1. The summed E-state index contributed by atoms with van der Waals surface area (Å²) in [5.41, 5.74) is 0.382. The van der Waals surface area contributed by atoms with E-state index in [9.17, 15) is 4.79 Å². The summed E-state index contributed by atoms with van der Waals surface area (Å²) in [5, 5.41) is 11.0. The van der Waals surface area contributed by atoms with E-state index in [1.165, 1.54) is 25.7 Å². The fourth-order valence-electron chi connectivity index (χ4n) is 2.25. The van der Waals surface area contributed by atoms with Gasteiger partial charge in [0.2, 0.25) is 0 Å². The van der Waals surface area contributed by atoms with Gasteiger partial charge in [-0.15, -0.1) is 10.2 Å². The molecule has 104 valence electrons. The number of hydrogen-bond donors (Lipinski definition) is 1. The van der Waals surface area contributed by atoms with Crippen molar-refractivity contribution >= 4 is 11.7 Å². The molecule has 1 aromatic heterocycles. The van der Waals surface area contributed by atoms with Crippen molar-refractivity contribution in [1.29, 1.82) is 0 Å². The summed E-state index contributed by atoms with van der Waals surface area (Å²) in [5.74, 6) is 0.716. The first-order chi connectivity index (χ1) is 9.16. The Morgan fingerprint density at radius 2 is 1.84 bits per heavy atom. The average molecular weight is 262 g/mol. The molecule has 1 fully saturated rings. The second kappa shape index (κ2) is 6.50. The number of anilines is 1. The Kier molecular flexibility index (Phi) is 4.71. The molecular formula is C14H22N4O. The van der Waals surface area contributed by atoms with Crippen LogP contribution in [-0.2, 0) is 0 Å². The molecule has 2 rings (SSSR count). The molecule has 0 spiro atoms. The van der Waals surface area contributed by atoms with Gasteiger partial charge in [0.05, 0.1) is 0 Å². The van der Waals surface area contributed by atoms with Gasteiger partial charge in [-0.1, -0.05) is 12.8 Å². The van der Waals surface area contributed by atoms with Crippen molar-refractivity contribution in [3.63, 3.8) is 0 Å². The molecule has 19 heavy (non-hydrogen) atoms. The smallest absolute Gasteiger partial charge is 0.271 e. The van der Waals surface area contributed by atoms with Crippen LogP contribution in [0.25, 0.3) is 0 Å². The molecule has 0 unspecified atom stereocenters. The highest BCUT2D eigenvalue weighted by molar-refractivity contribution is 5.92. The molecule has 5 heteroatoms. The highest BCUT2D eigenvalue weighted by Crippen LogP contribution is 2.16. The highest BCUT2D eigenvalue weighted by atomic mass is 16.2. The number of amides is 1. The van der Waals surface area contributed by atoms with Crippen molar-refractivity contribution in [2.24, 2.45) is 0 Å². The van der Waals surface area contributed by atoms with E-state index in [1.54, 1.807) is 6.07 Å². The van der Waals surface area contributed by atoms with Gasteiger partial charge in [0.25, 0.3) is 5.91 Å². The van der Waals surface area contributed by atoms with E-state index >= 15 is 0 Å². The molecule has 5 nitrogen and oxygen atoms in total. The maximum absolute atomic E-state index is 11.8. The van der Waals surface area contributed by atoms with E-state index in [0.29, 0.717) is 5.69 Å². The first kappa shape index (κ1) is 13.8. The van der Waals surface area contributed by atoms with Crippen LogP contribution in [0.3, 0.4) is 0 Å². The number of aromatic nitrogens is 2. The monoisotopic (exact) mass is 262 g/mol. The van der Waals surface area contributed by atoms with Gasteiger partial charge in [-0.25, -0.2) is 0 Å². The zero-order valence-corrected chi connectivity index (χ0v) is 11.7. The zero-order valence-electron chi connectivity index (χ0n) is 11.7. The van der Waals surface area contributed by atoms with Crippen LogP contribution in [0.4, 0.5) is 5.82 Å². The van der Waals surface area contributed by atoms with Crippen LogP contribution in [0.1, 0.15) is 50.0 Å². The Bertz CT molecular complexity index is 408. The standard InChI is InChI=1S/C14H22N4O/c1-11(2)15-14(19)12-7-8-13(17-16-12)18-9-5-3-4-6-10-18/h7-8,11H,3-6,9-10H2,1-2H3,(H,15,19). The minimum Gasteiger partial charge on any atom is -0.355 e. The molecule has 1 N–H and O–H groups in total. The zero-order chi connectivity index (χ0) is 13.7. The van der Waals surface area contributed by atoms with Crippen LogP contribution >= 0.6 is 0 Å². The SMILES string of the molecule is CC(C)NC(=O)c1ccc(N2CCCCCC2)nn1. The summed E-state index contributed by atoms with van der Waals surface area (Å²) in [6.07, 6.45) is 4.99. The Morgan fingerprint density at radius 3 is 2.37 bits per heavy atom. The molecule has 1 saturated heterocycles. The maximum atomic E-state index is 11.8. The van der Waals surface area contributed by atoms with E-state index in [1.807, 2.05) is 19.9 Å². The van der Waals surface area contributed by atoms with E-state index in [4.69, 9.17) is 0 Å². The van der Waals surface area contributed by atoms with Crippen LogP contribution in [0.15, 0.2) is 12.1 Å². The molecule has 1 aliphatic rings. The fourth-order valence-corrected chi connectivity index (χ4v) is 2.25. The van der Waals surface area contributed by atoms with E-state index in [-0.39, 0.29) is 11.9 Å². The second-order valence-electron chi connectivity index (χ2n) is 5.31. The number of rotatable bonds is 3. The minimum atomic E-state index is -0.162. The summed E-state index contributed by atoms with van der Waals surface area (Å²) in [6, 6.07) is 3.76. The highest BCUT2D eigenvalue weighted by Gasteiger charge is 2.13. The predicted octanol–water partition coefficient (Wildman–Crippen LogP) is 2.00. The summed E-state index contributed by atoms with van der Waals surface area (Å²) in [7, 11) is 0. The summed E-state index contributed by atoms with van der Waals surface area (Å²) < 4.78 is 0. The number of nitrogens with one attached hydrogen (secondary N) is 1. The van der Waals surface area contributed by atoms with Crippen molar-refractivity contribution in [3.8, 4) is 0 Å². The Labute approximate surface area is 114 Å². The van der Waals surface area contributed by atoms with Crippen molar-refractivity contribution in [3.05, 3.63) is 17.8 Å². The Hall–Kier alpha value is -1.65. The minimum absolute atomic E-state index is 0.111. The lowest BCUT2D eigenvalue weighted by Gasteiger charge is -2.20. The van der Waals surface area contributed by atoms with Crippen LogP contribution in [0.5, 0.6) is 0 Å². The molecule has 0 aliphatic carbocycles. The van der Waals surface area contributed by atoms with E-state index < -0.39 is 0 Å². The molecule has 0 bridgehead atoms. The molecule has 0 saturated carbocycles. The van der Waals surface area contributed by atoms with Gasteiger partial charge in [0, 0.05) is 19.1 Å². The molecule has 1 aliphatic heterocycles. The van der Waals surface area contributed by atoms with Crippen molar-refractivity contribution < 1.29 is 4.79 Å². The molecule has 0 aromatic carbocycles. The molecule has 1 aromatic rings. The van der Waals surface area contributed by atoms with Gasteiger partial charge >= 0.3 is 0 Å². The average Bonchev–Trinajstić information content (AvgIpc) is 2.67. The third kappa shape index (κ3) is 3.91. The van der Waals surface area contributed by atoms with Crippen LogP contribution < -0.4 is 10.2 Å². The Morgan fingerprint density at radius 1 is 1.16 bits per heavy atom. The first-order valence-electron chi connectivity index (χ1n) is 7.06. The fraction of sp³-hybridized carbons (Fsp3) is 0.643. The third-order valence-corrected chi connectivity index (χ3v) is 3.23. The summed E-state index contributed by atoms with van der Waals surface area (Å²) >= 11 is 0. The second-order valence-corrected chi connectivity index (χ2v) is 5.31. The molecule has 0 atom stereocenters. The lowest BCUT2D eigenvalue weighted by atomic mass is 10.2. The molecule has 0 radical (unpaired) electrons. The first-order valence-corrected chi connectivity index (χ1v) is 7.06. The molecule has 2 heterocycles. The van der Waals surface area contributed by atoms with E-state index in [0.717, 1.165) is 18.9 Å². The van der Waals surface area contributed by atoms with Gasteiger partial charge in [-0.2, -0.15) is 0 Å². The third-order valence-electron chi connectivity index (χ3n) is 3.23. The lowest BCUT2D eigenvalue weighted by Crippen LogP contribution is -2.31. The van der Waals surface area contributed by atoms with Crippen LogP contribution in [0, 0.1) is 0 Å². The number of carbonyl (C=O) groups excluding carboxylic acids is 1. The lowest BCUT2D eigenvalue weighted by molar-refractivity contribution is 0.0937. The maximum Gasteiger partial charge on any atom is 0.271 e. The van der Waals surface area contributed by atoms with Gasteiger partial charge in [-0.3, -0.25) is 4.79 Å². The number of hydrogen-bond acceptors (Lipinski definition) is 4. The van der Waals surface area contributed by atoms with E-state index in [2.05, 4.69) is 20.4 Å². The largest absolute Gasteiger partial charge is 0.355 e. The van der Waals surface area contributed by atoms with Crippen molar-refractivity contribution in [2.45, 2.75) is 45.6 Å². The Balaban J connectivity index is 2.02. The van der Waals surface area contributed by atoms with Crippen molar-refractivity contribution in [2.75, 3.05) is 18.0 Å². The van der Waals surface area contributed by atoms with Crippen LogP contribution in [-0.4, -0.2) is 35.2 Å². The quantitative estimate of drug-likeness (QED) is 0.905. The topological polar surface area (TPSA) is 58.1 Å². The van der Waals surface area contributed by atoms with Gasteiger partial charge < -0.3 is 10.2 Å². The van der Waals surface area contributed by atoms with Crippen LogP contribution in [0.2, 0.25) is 0 Å². The molecular weight excluding hydrogens is 240 g/mol. The summed E-state index contributed by atoms with van der Waals surface area (Å²) in [4.78, 5) is 14.0. The predicted molar refractivity (Wildman–Crippen MR) is 75.3 cm³/mol. The normalized spacial score (nSPS) is 16.3. The molecule has 1 amide bonds. The number of nitrogens with zero attached hydrogens (tertiary/aromatic N) is 3. The summed E-state index contributed by atoms with van der Waals surface area (Å²) in [6.45, 7) is 5.92. The van der Waals surface area contributed by atoms with Gasteiger partial charge in [-0.05, 0) is 38.8 Å². The van der Waals surface area contributed by atoms with Gasteiger partial charge in [0.1, 0.15) is 0 Å². The van der Waals surface area contributed by atoms with Crippen molar-refractivity contribution in [1.82, 2.24) is 15.5 Å².